The Kier molecular flexibility index (Phi) is 6.40. The fraction of sp³-hybridized carbons (Fsp3) is 0.316. The van der Waals surface area contributed by atoms with Crippen LogP contribution in [-0.4, -0.2) is 58.7 Å². The number of amides is 1. The first-order chi connectivity index (χ1) is 12.7. The predicted octanol–water partition coefficient (Wildman–Crippen LogP) is 0.783. The van der Waals surface area contributed by atoms with Gasteiger partial charge in [-0.25, -0.2) is 0 Å². The van der Waals surface area contributed by atoms with Crippen molar-refractivity contribution >= 4 is 12.0 Å². The molecule has 5 N–H and O–H groups in total. The summed E-state index contributed by atoms with van der Waals surface area (Å²) in [4.78, 5) is 11.9. The maximum absolute atomic E-state index is 11.9. The molecule has 1 aliphatic rings. The fourth-order valence-corrected chi connectivity index (χ4v) is 2.52. The summed E-state index contributed by atoms with van der Waals surface area (Å²) in [5, 5.41) is 41.9. The van der Waals surface area contributed by atoms with Crippen molar-refractivity contribution in [3.63, 3.8) is 0 Å². The average Bonchev–Trinajstić information content (AvgIpc) is 2.65. The van der Waals surface area contributed by atoms with E-state index in [4.69, 9.17) is 9.47 Å². The van der Waals surface area contributed by atoms with Crippen LogP contribution in [-0.2, 0) is 14.3 Å². The van der Waals surface area contributed by atoms with E-state index in [9.17, 15) is 25.2 Å². The SMILES string of the molecule is CO[C@@]1(O)C=CC(CCNC(=O)C=Cc2ccc(O)c(O)c2)=C[C@]1(O)OC. The zero-order chi connectivity index (χ0) is 20.1. The summed E-state index contributed by atoms with van der Waals surface area (Å²) in [6.07, 6.45) is 7.38. The fourth-order valence-electron chi connectivity index (χ4n) is 2.52. The summed E-state index contributed by atoms with van der Waals surface area (Å²) >= 11 is 0. The number of phenols is 2. The smallest absolute Gasteiger partial charge is 0.245 e. The Morgan fingerprint density at radius 3 is 2.48 bits per heavy atom. The largest absolute Gasteiger partial charge is 0.504 e. The molecule has 2 atom stereocenters. The van der Waals surface area contributed by atoms with Gasteiger partial charge in [-0.05, 0) is 47.9 Å². The van der Waals surface area contributed by atoms with Gasteiger partial charge in [0.2, 0.25) is 17.5 Å². The number of rotatable bonds is 7. The van der Waals surface area contributed by atoms with Crippen molar-refractivity contribution in [2.75, 3.05) is 20.8 Å². The molecule has 8 nitrogen and oxygen atoms in total. The van der Waals surface area contributed by atoms with E-state index in [-0.39, 0.29) is 24.0 Å². The van der Waals surface area contributed by atoms with Gasteiger partial charge < -0.3 is 35.2 Å². The number of hydrogen-bond acceptors (Lipinski definition) is 7. The summed E-state index contributed by atoms with van der Waals surface area (Å²) < 4.78 is 9.87. The normalized spacial score (nSPS) is 24.8. The van der Waals surface area contributed by atoms with E-state index in [0.29, 0.717) is 17.6 Å². The van der Waals surface area contributed by atoms with Crippen molar-refractivity contribution in [2.45, 2.75) is 18.0 Å². The number of phenolic OH excluding ortho intramolecular Hbond substituents is 2. The average molecular weight is 377 g/mol. The van der Waals surface area contributed by atoms with E-state index in [0.717, 1.165) is 0 Å². The van der Waals surface area contributed by atoms with Gasteiger partial charge in [0.1, 0.15) is 0 Å². The second-order valence-electron chi connectivity index (χ2n) is 5.98. The number of carbonyl (C=O) groups is 1. The summed E-state index contributed by atoms with van der Waals surface area (Å²) in [6.45, 7) is 0.283. The van der Waals surface area contributed by atoms with Crippen LogP contribution in [0.3, 0.4) is 0 Å². The Labute approximate surface area is 156 Å². The molecule has 0 aromatic heterocycles. The lowest BCUT2D eigenvalue weighted by atomic mass is 9.94. The molecule has 1 aromatic rings. The van der Waals surface area contributed by atoms with Gasteiger partial charge in [-0.2, -0.15) is 0 Å². The highest BCUT2D eigenvalue weighted by atomic mass is 16.7. The summed E-state index contributed by atoms with van der Waals surface area (Å²) in [6, 6.07) is 4.21. The number of aliphatic hydroxyl groups is 2. The third-order valence-electron chi connectivity index (χ3n) is 4.18. The van der Waals surface area contributed by atoms with Crippen LogP contribution in [0.2, 0.25) is 0 Å². The van der Waals surface area contributed by atoms with Gasteiger partial charge >= 0.3 is 0 Å². The highest BCUT2D eigenvalue weighted by molar-refractivity contribution is 5.91. The van der Waals surface area contributed by atoms with Crippen molar-refractivity contribution in [3.8, 4) is 11.5 Å². The molecule has 0 fully saturated rings. The molecule has 0 bridgehead atoms. The van der Waals surface area contributed by atoms with Crippen molar-refractivity contribution in [1.82, 2.24) is 5.32 Å². The number of carbonyl (C=O) groups excluding carboxylic acids is 1. The molecular weight excluding hydrogens is 354 g/mol. The molecule has 0 spiro atoms. The lowest BCUT2D eigenvalue weighted by Gasteiger charge is -2.39. The van der Waals surface area contributed by atoms with Crippen LogP contribution in [0.15, 0.2) is 48.1 Å². The van der Waals surface area contributed by atoms with Crippen molar-refractivity contribution in [3.05, 3.63) is 53.6 Å². The van der Waals surface area contributed by atoms with Crippen molar-refractivity contribution < 1.29 is 34.7 Å². The zero-order valence-electron chi connectivity index (χ0n) is 15.0. The Bertz CT molecular complexity index is 786. The second kappa shape index (κ2) is 8.36. The Morgan fingerprint density at radius 1 is 1.15 bits per heavy atom. The molecular formula is C19H23NO7. The number of benzene rings is 1. The summed E-state index contributed by atoms with van der Waals surface area (Å²) in [7, 11) is 2.48. The number of allylic oxidation sites excluding steroid dienone is 1. The maximum Gasteiger partial charge on any atom is 0.245 e. The first kappa shape index (κ1) is 20.7. The highest BCUT2D eigenvalue weighted by Crippen LogP contribution is 2.33. The molecule has 0 saturated heterocycles. The van der Waals surface area contributed by atoms with E-state index < -0.39 is 11.6 Å². The lowest BCUT2D eigenvalue weighted by molar-refractivity contribution is -0.328. The summed E-state index contributed by atoms with van der Waals surface area (Å²) in [5.41, 5.74) is 1.20. The van der Waals surface area contributed by atoms with Crippen LogP contribution in [0.1, 0.15) is 12.0 Å². The van der Waals surface area contributed by atoms with Crippen molar-refractivity contribution in [1.29, 1.82) is 0 Å². The van der Waals surface area contributed by atoms with Gasteiger partial charge in [-0.15, -0.1) is 0 Å². The third kappa shape index (κ3) is 4.75. The number of methoxy groups -OCH3 is 2. The first-order valence-electron chi connectivity index (χ1n) is 8.17. The summed E-state index contributed by atoms with van der Waals surface area (Å²) in [5.74, 6) is -4.88. The van der Waals surface area contributed by atoms with E-state index in [1.54, 1.807) is 12.1 Å². The van der Waals surface area contributed by atoms with Gasteiger partial charge in [0, 0.05) is 26.8 Å². The molecule has 8 heteroatoms. The minimum absolute atomic E-state index is 0.234. The third-order valence-corrected chi connectivity index (χ3v) is 4.18. The van der Waals surface area contributed by atoms with E-state index >= 15 is 0 Å². The van der Waals surface area contributed by atoms with Crippen LogP contribution >= 0.6 is 0 Å². The van der Waals surface area contributed by atoms with Gasteiger partial charge in [0.25, 0.3) is 0 Å². The molecule has 146 valence electrons. The number of hydrogen-bond donors (Lipinski definition) is 5. The lowest BCUT2D eigenvalue weighted by Crippen LogP contribution is -2.55. The maximum atomic E-state index is 11.9. The van der Waals surface area contributed by atoms with Crippen LogP contribution in [0.4, 0.5) is 0 Å². The minimum Gasteiger partial charge on any atom is -0.504 e. The Balaban J connectivity index is 1.89. The van der Waals surface area contributed by atoms with E-state index in [2.05, 4.69) is 5.32 Å². The van der Waals surface area contributed by atoms with Gasteiger partial charge in [-0.3, -0.25) is 4.79 Å². The quantitative estimate of drug-likeness (QED) is 0.270. The Morgan fingerprint density at radius 2 is 1.85 bits per heavy atom. The first-order valence-corrected chi connectivity index (χ1v) is 8.17. The molecule has 0 saturated carbocycles. The van der Waals surface area contributed by atoms with Gasteiger partial charge in [0.15, 0.2) is 11.5 Å². The standard InChI is InChI=1S/C19H23NO7/c1-26-18(24)9-7-14(12-19(18,25)27-2)8-10-20-17(23)6-4-13-3-5-15(21)16(22)11-13/h3-7,9,11-12,21-22,24-25H,8,10H2,1-2H3,(H,20,23)/t18-,19-/m0/s1. The molecule has 1 aromatic carbocycles. The number of aromatic hydroxyl groups is 2. The zero-order valence-corrected chi connectivity index (χ0v) is 15.0. The topological polar surface area (TPSA) is 128 Å². The van der Waals surface area contributed by atoms with Gasteiger partial charge in [0.05, 0.1) is 0 Å². The minimum atomic E-state index is -2.03. The van der Waals surface area contributed by atoms with Crippen molar-refractivity contribution in [2.24, 2.45) is 0 Å². The van der Waals surface area contributed by atoms with Crippen LogP contribution in [0.5, 0.6) is 11.5 Å². The van der Waals surface area contributed by atoms with Crippen LogP contribution in [0.25, 0.3) is 6.08 Å². The predicted molar refractivity (Wildman–Crippen MR) is 97.6 cm³/mol. The molecule has 1 aliphatic carbocycles. The van der Waals surface area contributed by atoms with Crippen LogP contribution < -0.4 is 5.32 Å². The second-order valence-corrected chi connectivity index (χ2v) is 5.98. The molecule has 27 heavy (non-hydrogen) atoms. The van der Waals surface area contributed by atoms with E-state index in [1.807, 2.05) is 0 Å². The molecule has 1 amide bonds. The molecule has 0 radical (unpaired) electrons. The monoisotopic (exact) mass is 377 g/mol. The Hall–Kier alpha value is -2.65. The van der Waals surface area contributed by atoms with E-state index in [1.165, 1.54) is 50.7 Å². The number of nitrogens with one attached hydrogen (secondary N) is 1. The number of ether oxygens (including phenoxy) is 2. The van der Waals surface area contributed by atoms with Gasteiger partial charge in [-0.1, -0.05) is 12.1 Å². The molecule has 0 aliphatic heterocycles. The molecule has 0 heterocycles. The molecule has 0 unspecified atom stereocenters. The highest BCUT2D eigenvalue weighted by Gasteiger charge is 2.49. The molecule has 2 rings (SSSR count). The van der Waals surface area contributed by atoms with Crippen LogP contribution in [0, 0.1) is 0 Å².